The van der Waals surface area contributed by atoms with E-state index >= 15 is 0 Å². The highest BCUT2D eigenvalue weighted by molar-refractivity contribution is 4.79. The van der Waals surface area contributed by atoms with Gasteiger partial charge in [0.05, 0.1) is 5.60 Å². The molecule has 1 radical (unpaired) electrons. The lowest BCUT2D eigenvalue weighted by atomic mass is 9.91. The first-order valence-corrected chi connectivity index (χ1v) is 6.35. The van der Waals surface area contributed by atoms with Gasteiger partial charge in [0, 0.05) is 6.61 Å². The molecule has 0 N–H and O–H groups in total. The molecule has 0 saturated carbocycles. The first-order chi connectivity index (χ1) is 7.26. The Hall–Kier alpha value is -0.0800. The Kier molecular flexibility index (Phi) is 5.62. The van der Waals surface area contributed by atoms with Crippen LogP contribution in [0.4, 0.5) is 0 Å². The highest BCUT2D eigenvalue weighted by Gasteiger charge is 2.30. The van der Waals surface area contributed by atoms with Gasteiger partial charge in [-0.2, -0.15) is 0 Å². The molecule has 1 aliphatic rings. The fraction of sp³-hybridized carbons (Fsp3) is 0.923. The van der Waals surface area contributed by atoms with E-state index in [9.17, 15) is 0 Å². The Bertz CT molecular complexity index is 158. The van der Waals surface area contributed by atoms with Gasteiger partial charge in [-0.3, -0.25) is 0 Å². The second kappa shape index (κ2) is 6.49. The van der Waals surface area contributed by atoms with Crippen molar-refractivity contribution in [3.05, 3.63) is 6.92 Å². The zero-order valence-corrected chi connectivity index (χ0v) is 10.3. The van der Waals surface area contributed by atoms with Crippen LogP contribution in [-0.4, -0.2) is 18.5 Å². The van der Waals surface area contributed by atoms with E-state index in [0.717, 1.165) is 38.7 Å². The van der Waals surface area contributed by atoms with Crippen molar-refractivity contribution in [1.82, 2.24) is 0 Å². The number of rotatable bonds is 6. The summed E-state index contributed by atoms with van der Waals surface area (Å²) in [5.74, 6) is 0. The molecule has 1 fully saturated rings. The van der Waals surface area contributed by atoms with E-state index in [1.54, 1.807) is 0 Å². The maximum absolute atomic E-state index is 6.16. The van der Waals surface area contributed by atoms with E-state index in [-0.39, 0.29) is 11.9 Å². The van der Waals surface area contributed by atoms with Crippen LogP contribution < -0.4 is 0 Å². The predicted molar refractivity (Wildman–Crippen MR) is 62.6 cm³/mol. The van der Waals surface area contributed by atoms with Gasteiger partial charge in [0.15, 0.2) is 6.29 Å². The van der Waals surface area contributed by atoms with Crippen molar-refractivity contribution in [2.45, 2.75) is 70.7 Å². The molecule has 0 spiro atoms. The second-order valence-corrected chi connectivity index (χ2v) is 4.41. The summed E-state index contributed by atoms with van der Waals surface area (Å²) in [5, 5.41) is 0. The van der Waals surface area contributed by atoms with Gasteiger partial charge in [-0.15, -0.1) is 0 Å². The fourth-order valence-corrected chi connectivity index (χ4v) is 2.23. The molecule has 0 bridgehead atoms. The van der Waals surface area contributed by atoms with E-state index in [1.165, 1.54) is 12.8 Å². The highest BCUT2D eigenvalue weighted by atomic mass is 16.7. The van der Waals surface area contributed by atoms with Gasteiger partial charge in [-0.05, 0) is 38.5 Å². The Balaban J connectivity index is 2.47. The minimum absolute atomic E-state index is 0.00373. The van der Waals surface area contributed by atoms with Crippen LogP contribution in [0.25, 0.3) is 0 Å². The van der Waals surface area contributed by atoms with Gasteiger partial charge >= 0.3 is 0 Å². The standard InChI is InChI=1S/C13H25O2/c1-4-10-13(5-2,6-3)15-12-9-7-8-11-14-12/h12H,1,4-11H2,2-3H3. The van der Waals surface area contributed by atoms with Gasteiger partial charge in [0.2, 0.25) is 0 Å². The van der Waals surface area contributed by atoms with E-state index in [2.05, 4.69) is 20.8 Å². The zero-order chi connectivity index (χ0) is 11.1. The molecule has 1 aliphatic heterocycles. The minimum atomic E-state index is 0.00373. The average Bonchev–Trinajstić information content (AvgIpc) is 2.30. The molecule has 15 heavy (non-hydrogen) atoms. The normalized spacial score (nSPS) is 23.0. The van der Waals surface area contributed by atoms with Gasteiger partial charge < -0.3 is 9.47 Å². The van der Waals surface area contributed by atoms with E-state index in [1.807, 2.05) is 0 Å². The Labute approximate surface area is 94.3 Å². The van der Waals surface area contributed by atoms with E-state index in [4.69, 9.17) is 9.47 Å². The van der Waals surface area contributed by atoms with Gasteiger partial charge in [-0.25, -0.2) is 0 Å². The van der Waals surface area contributed by atoms with Crippen LogP contribution in [0.15, 0.2) is 0 Å². The van der Waals surface area contributed by atoms with Gasteiger partial charge in [0.25, 0.3) is 0 Å². The molecule has 2 nitrogen and oxygen atoms in total. The SMILES string of the molecule is [CH2]CCC(CC)(CC)OC1CCCCO1. The molecular weight excluding hydrogens is 188 g/mol. The third kappa shape index (κ3) is 3.76. The fourth-order valence-electron chi connectivity index (χ4n) is 2.23. The van der Waals surface area contributed by atoms with Crippen molar-refractivity contribution < 1.29 is 9.47 Å². The number of hydrogen-bond acceptors (Lipinski definition) is 2. The molecule has 2 heteroatoms. The lowest BCUT2D eigenvalue weighted by molar-refractivity contribution is -0.229. The summed E-state index contributed by atoms with van der Waals surface area (Å²) in [6.07, 6.45) is 7.59. The molecule has 1 rings (SSSR count). The van der Waals surface area contributed by atoms with Crippen LogP contribution in [0, 0.1) is 6.92 Å². The van der Waals surface area contributed by atoms with Crippen molar-refractivity contribution in [1.29, 1.82) is 0 Å². The third-order valence-electron chi connectivity index (χ3n) is 3.44. The summed E-state index contributed by atoms with van der Waals surface area (Å²) in [6.45, 7) is 9.19. The van der Waals surface area contributed by atoms with E-state index in [0.29, 0.717) is 0 Å². The summed E-state index contributed by atoms with van der Waals surface area (Å²) >= 11 is 0. The summed E-state index contributed by atoms with van der Waals surface area (Å²) in [7, 11) is 0. The first kappa shape index (κ1) is 13.0. The molecular formula is C13H25O2. The zero-order valence-electron chi connectivity index (χ0n) is 10.3. The molecule has 1 heterocycles. The van der Waals surface area contributed by atoms with Crippen LogP contribution in [0.2, 0.25) is 0 Å². The van der Waals surface area contributed by atoms with Crippen molar-refractivity contribution >= 4 is 0 Å². The van der Waals surface area contributed by atoms with Crippen LogP contribution in [-0.2, 0) is 9.47 Å². The monoisotopic (exact) mass is 213 g/mol. The molecule has 0 aromatic rings. The van der Waals surface area contributed by atoms with Crippen molar-refractivity contribution in [3.8, 4) is 0 Å². The molecule has 89 valence electrons. The average molecular weight is 213 g/mol. The number of hydrogen-bond donors (Lipinski definition) is 0. The highest BCUT2D eigenvalue weighted by Crippen LogP contribution is 2.30. The Morgan fingerprint density at radius 3 is 2.53 bits per heavy atom. The molecule has 1 unspecified atom stereocenters. The molecule has 0 amide bonds. The maximum Gasteiger partial charge on any atom is 0.158 e. The first-order valence-electron chi connectivity index (χ1n) is 6.35. The summed E-state index contributed by atoms with van der Waals surface area (Å²) in [5.41, 5.74) is 0.00373. The lowest BCUT2D eigenvalue weighted by Crippen LogP contribution is -2.38. The Morgan fingerprint density at radius 1 is 1.33 bits per heavy atom. The van der Waals surface area contributed by atoms with Crippen LogP contribution in [0.3, 0.4) is 0 Å². The van der Waals surface area contributed by atoms with Crippen molar-refractivity contribution in [2.75, 3.05) is 6.61 Å². The summed E-state index contributed by atoms with van der Waals surface area (Å²) in [4.78, 5) is 0. The van der Waals surface area contributed by atoms with Crippen LogP contribution in [0.1, 0.15) is 58.8 Å². The predicted octanol–water partition coefficient (Wildman–Crippen LogP) is 3.70. The van der Waals surface area contributed by atoms with Crippen LogP contribution >= 0.6 is 0 Å². The smallest absolute Gasteiger partial charge is 0.158 e. The largest absolute Gasteiger partial charge is 0.353 e. The second-order valence-electron chi connectivity index (χ2n) is 4.41. The van der Waals surface area contributed by atoms with Crippen molar-refractivity contribution in [2.24, 2.45) is 0 Å². The van der Waals surface area contributed by atoms with Gasteiger partial charge in [-0.1, -0.05) is 27.2 Å². The quantitative estimate of drug-likeness (QED) is 0.669. The Morgan fingerprint density at radius 2 is 2.07 bits per heavy atom. The molecule has 1 atom stereocenters. The third-order valence-corrected chi connectivity index (χ3v) is 3.44. The lowest BCUT2D eigenvalue weighted by Gasteiger charge is -2.37. The maximum atomic E-state index is 6.16. The molecule has 0 aromatic heterocycles. The van der Waals surface area contributed by atoms with E-state index < -0.39 is 0 Å². The molecule has 0 aromatic carbocycles. The summed E-state index contributed by atoms with van der Waals surface area (Å²) in [6, 6.07) is 0. The summed E-state index contributed by atoms with van der Waals surface area (Å²) < 4.78 is 11.8. The molecule has 0 aliphatic carbocycles. The molecule has 1 saturated heterocycles. The van der Waals surface area contributed by atoms with Crippen molar-refractivity contribution in [3.63, 3.8) is 0 Å². The minimum Gasteiger partial charge on any atom is -0.353 e. The topological polar surface area (TPSA) is 18.5 Å². The number of ether oxygens (including phenoxy) is 2. The van der Waals surface area contributed by atoms with Crippen LogP contribution in [0.5, 0.6) is 0 Å². The van der Waals surface area contributed by atoms with Gasteiger partial charge in [0.1, 0.15) is 0 Å².